The minimum absolute atomic E-state index is 0.233. The van der Waals surface area contributed by atoms with E-state index >= 15 is 0 Å². The largest absolute Gasteiger partial charge is 0.321 e. The number of nitrogens with zero attached hydrogens (tertiary/aromatic N) is 1. The molecule has 0 spiro atoms. The Balaban J connectivity index is 1.72. The number of hydrogen-bond acceptors (Lipinski definition) is 3. The van der Waals surface area contributed by atoms with Gasteiger partial charge in [0.15, 0.2) is 0 Å². The summed E-state index contributed by atoms with van der Waals surface area (Å²) in [6.45, 7) is 0. The molecule has 0 aliphatic heterocycles. The molecule has 3 rings (SSSR count). The summed E-state index contributed by atoms with van der Waals surface area (Å²) in [6.07, 6.45) is 4.88. The molecule has 1 aliphatic carbocycles. The Kier molecular flexibility index (Phi) is 3.66. The Morgan fingerprint density at radius 3 is 2.67 bits per heavy atom. The van der Waals surface area contributed by atoms with Crippen LogP contribution in [0.1, 0.15) is 35.2 Å². The van der Waals surface area contributed by atoms with Crippen molar-refractivity contribution in [3.8, 4) is 0 Å². The molecule has 2 aromatic rings. The van der Waals surface area contributed by atoms with Crippen LogP contribution in [0.3, 0.4) is 0 Å². The fourth-order valence-corrected chi connectivity index (χ4v) is 2.62. The summed E-state index contributed by atoms with van der Waals surface area (Å²) >= 11 is 5.88. The average molecular weight is 302 g/mol. The van der Waals surface area contributed by atoms with Crippen molar-refractivity contribution < 1.29 is 4.79 Å². The number of carbonyl (C=O) groups excluding carboxylic acids is 1. The number of pyridine rings is 1. The molecule has 1 aromatic carbocycles. The van der Waals surface area contributed by atoms with E-state index in [1.807, 2.05) is 6.07 Å². The fraction of sp³-hybridized carbons (Fsp3) is 0.250. The van der Waals surface area contributed by atoms with Crippen molar-refractivity contribution in [2.24, 2.45) is 5.73 Å². The lowest BCUT2D eigenvalue weighted by Gasteiger charge is -2.38. The minimum Gasteiger partial charge on any atom is -0.321 e. The van der Waals surface area contributed by atoms with E-state index in [-0.39, 0.29) is 11.4 Å². The lowest BCUT2D eigenvalue weighted by molar-refractivity contribution is 0.102. The summed E-state index contributed by atoms with van der Waals surface area (Å²) < 4.78 is 0. The standard InChI is InChI=1S/C16H16ClN3O/c17-13-4-1-3-11(9-13)15(21)20-14-6-5-12(10-19-14)16(18)7-2-8-16/h1,3-6,9-10H,2,7-8,18H2,(H,19,20,21). The third-order valence-corrected chi connectivity index (χ3v) is 4.15. The molecule has 1 amide bonds. The highest BCUT2D eigenvalue weighted by atomic mass is 35.5. The van der Waals surface area contributed by atoms with E-state index in [4.69, 9.17) is 17.3 Å². The van der Waals surface area contributed by atoms with Crippen LogP contribution in [-0.2, 0) is 5.54 Å². The molecule has 0 unspecified atom stereocenters. The first kappa shape index (κ1) is 14.0. The first-order valence-corrected chi connectivity index (χ1v) is 7.27. The molecule has 1 heterocycles. The highest BCUT2D eigenvalue weighted by molar-refractivity contribution is 6.31. The maximum absolute atomic E-state index is 12.1. The maximum Gasteiger partial charge on any atom is 0.256 e. The molecule has 0 radical (unpaired) electrons. The van der Waals surface area contributed by atoms with Gasteiger partial charge in [0.2, 0.25) is 0 Å². The SMILES string of the molecule is NC1(c2ccc(NC(=O)c3cccc(Cl)c3)nc2)CCC1. The maximum atomic E-state index is 12.1. The smallest absolute Gasteiger partial charge is 0.256 e. The van der Waals surface area contributed by atoms with Gasteiger partial charge in [0.1, 0.15) is 5.82 Å². The average Bonchev–Trinajstić information content (AvgIpc) is 2.45. The van der Waals surface area contributed by atoms with Crippen LogP contribution in [0.2, 0.25) is 5.02 Å². The van der Waals surface area contributed by atoms with E-state index < -0.39 is 0 Å². The second-order valence-corrected chi connectivity index (χ2v) is 5.84. The summed E-state index contributed by atoms with van der Waals surface area (Å²) in [6, 6.07) is 10.5. The summed E-state index contributed by atoms with van der Waals surface area (Å²) in [5, 5.41) is 3.28. The Morgan fingerprint density at radius 2 is 2.10 bits per heavy atom. The normalized spacial score (nSPS) is 16.1. The van der Waals surface area contributed by atoms with Gasteiger partial charge in [-0.25, -0.2) is 4.98 Å². The Morgan fingerprint density at radius 1 is 1.29 bits per heavy atom. The van der Waals surface area contributed by atoms with E-state index in [2.05, 4.69) is 10.3 Å². The number of aromatic nitrogens is 1. The first-order valence-electron chi connectivity index (χ1n) is 6.89. The van der Waals surface area contributed by atoms with Crippen molar-refractivity contribution in [2.75, 3.05) is 5.32 Å². The molecule has 1 saturated carbocycles. The van der Waals surface area contributed by atoms with Crippen molar-refractivity contribution in [3.63, 3.8) is 0 Å². The molecule has 0 saturated heterocycles. The highest BCUT2D eigenvalue weighted by Gasteiger charge is 2.34. The van der Waals surface area contributed by atoms with Gasteiger partial charge < -0.3 is 11.1 Å². The molecule has 5 heteroatoms. The van der Waals surface area contributed by atoms with E-state index in [0.29, 0.717) is 16.4 Å². The number of carbonyl (C=O) groups is 1. The molecule has 4 nitrogen and oxygen atoms in total. The zero-order chi connectivity index (χ0) is 14.9. The molecule has 1 aliphatic rings. The molecule has 108 valence electrons. The van der Waals surface area contributed by atoms with Gasteiger partial charge in [-0.15, -0.1) is 0 Å². The van der Waals surface area contributed by atoms with Crippen LogP contribution < -0.4 is 11.1 Å². The topological polar surface area (TPSA) is 68.0 Å². The van der Waals surface area contributed by atoms with Gasteiger partial charge in [0, 0.05) is 22.3 Å². The number of amides is 1. The molecule has 0 bridgehead atoms. The Bertz CT molecular complexity index is 665. The predicted molar refractivity (Wildman–Crippen MR) is 83.4 cm³/mol. The van der Waals surface area contributed by atoms with Crippen LogP contribution in [0.5, 0.6) is 0 Å². The lowest BCUT2D eigenvalue weighted by atomic mass is 9.73. The summed E-state index contributed by atoms with van der Waals surface area (Å²) in [7, 11) is 0. The third-order valence-electron chi connectivity index (χ3n) is 3.91. The molecular weight excluding hydrogens is 286 g/mol. The van der Waals surface area contributed by atoms with Crippen LogP contribution in [0, 0.1) is 0 Å². The molecular formula is C16H16ClN3O. The number of halogens is 1. The van der Waals surface area contributed by atoms with E-state index in [9.17, 15) is 4.79 Å². The number of anilines is 1. The predicted octanol–water partition coefficient (Wildman–Crippen LogP) is 3.33. The highest BCUT2D eigenvalue weighted by Crippen LogP contribution is 2.38. The van der Waals surface area contributed by atoms with Crippen molar-refractivity contribution in [1.82, 2.24) is 4.98 Å². The van der Waals surface area contributed by atoms with Crippen molar-refractivity contribution in [3.05, 3.63) is 58.7 Å². The summed E-state index contributed by atoms with van der Waals surface area (Å²) in [5.74, 6) is 0.274. The molecule has 0 atom stereocenters. The lowest BCUT2D eigenvalue weighted by Crippen LogP contribution is -2.43. The van der Waals surface area contributed by atoms with Gasteiger partial charge in [-0.05, 0) is 49.1 Å². The number of benzene rings is 1. The molecule has 21 heavy (non-hydrogen) atoms. The minimum atomic E-state index is -0.234. The van der Waals surface area contributed by atoms with Gasteiger partial charge in [-0.2, -0.15) is 0 Å². The fourth-order valence-electron chi connectivity index (χ4n) is 2.43. The van der Waals surface area contributed by atoms with Gasteiger partial charge in [0.05, 0.1) is 0 Å². The van der Waals surface area contributed by atoms with Crippen molar-refractivity contribution >= 4 is 23.3 Å². The Labute approximate surface area is 128 Å². The van der Waals surface area contributed by atoms with E-state index in [1.165, 1.54) is 0 Å². The van der Waals surface area contributed by atoms with Gasteiger partial charge in [0.25, 0.3) is 5.91 Å². The van der Waals surface area contributed by atoms with Gasteiger partial charge in [-0.1, -0.05) is 23.7 Å². The number of nitrogens with two attached hydrogens (primary N) is 1. The van der Waals surface area contributed by atoms with Crippen LogP contribution in [0.4, 0.5) is 5.82 Å². The number of nitrogens with one attached hydrogen (secondary N) is 1. The van der Waals surface area contributed by atoms with Gasteiger partial charge >= 0.3 is 0 Å². The van der Waals surface area contributed by atoms with Crippen molar-refractivity contribution in [2.45, 2.75) is 24.8 Å². The van der Waals surface area contributed by atoms with Crippen LogP contribution in [0.15, 0.2) is 42.6 Å². The van der Waals surface area contributed by atoms with Crippen molar-refractivity contribution in [1.29, 1.82) is 0 Å². The molecule has 1 fully saturated rings. The second kappa shape index (κ2) is 5.47. The summed E-state index contributed by atoms with van der Waals surface area (Å²) in [4.78, 5) is 16.4. The monoisotopic (exact) mass is 301 g/mol. The Hall–Kier alpha value is -1.91. The quantitative estimate of drug-likeness (QED) is 0.913. The summed E-state index contributed by atoms with van der Waals surface area (Å²) in [5.41, 5.74) is 7.53. The second-order valence-electron chi connectivity index (χ2n) is 5.41. The zero-order valence-electron chi connectivity index (χ0n) is 11.5. The van der Waals surface area contributed by atoms with Crippen LogP contribution >= 0.6 is 11.6 Å². The van der Waals surface area contributed by atoms with Crippen LogP contribution in [-0.4, -0.2) is 10.9 Å². The third kappa shape index (κ3) is 2.91. The number of rotatable bonds is 3. The first-order chi connectivity index (χ1) is 10.1. The molecule has 3 N–H and O–H groups in total. The number of hydrogen-bond donors (Lipinski definition) is 2. The molecule has 1 aromatic heterocycles. The van der Waals surface area contributed by atoms with Crippen LogP contribution in [0.25, 0.3) is 0 Å². The van der Waals surface area contributed by atoms with E-state index in [1.54, 1.807) is 36.5 Å². The zero-order valence-corrected chi connectivity index (χ0v) is 12.2. The van der Waals surface area contributed by atoms with E-state index in [0.717, 1.165) is 24.8 Å². The van der Waals surface area contributed by atoms with Gasteiger partial charge in [-0.3, -0.25) is 4.79 Å².